The summed E-state index contributed by atoms with van der Waals surface area (Å²) in [7, 11) is 0. The van der Waals surface area contributed by atoms with E-state index >= 15 is 0 Å². The van der Waals surface area contributed by atoms with Gasteiger partial charge in [0.15, 0.2) is 0 Å². The van der Waals surface area contributed by atoms with E-state index in [1.807, 2.05) is 12.1 Å². The maximum Gasteiger partial charge on any atom is 0.123 e. The first-order chi connectivity index (χ1) is 13.2. The molecule has 2 saturated carbocycles. The highest BCUT2D eigenvalue weighted by atomic mass is 19.1. The predicted octanol–water partition coefficient (Wildman–Crippen LogP) is 8.12. The lowest BCUT2D eigenvalue weighted by Crippen LogP contribution is -2.26. The minimum Gasteiger partial charge on any atom is -0.207 e. The molecule has 1 heteroatoms. The fourth-order valence-corrected chi connectivity index (χ4v) is 5.61. The lowest BCUT2D eigenvalue weighted by molar-refractivity contribution is 0.141. The maximum absolute atomic E-state index is 13.0. The molecular weight excluding hydrogens is 331 g/mol. The van der Waals surface area contributed by atoms with Crippen LogP contribution in [0.1, 0.15) is 89.5 Å². The Labute approximate surface area is 166 Å². The van der Waals surface area contributed by atoms with Gasteiger partial charge in [-0.2, -0.15) is 0 Å². The third-order valence-corrected chi connectivity index (χ3v) is 7.42. The van der Waals surface area contributed by atoms with E-state index in [9.17, 15) is 4.39 Å². The summed E-state index contributed by atoms with van der Waals surface area (Å²) in [4.78, 5) is 0. The average Bonchev–Trinajstić information content (AvgIpc) is 2.72. The number of halogens is 1. The van der Waals surface area contributed by atoms with Crippen LogP contribution in [0.4, 0.5) is 4.39 Å². The number of allylic oxidation sites excluding steroid dienone is 2. The molecule has 0 saturated heterocycles. The Morgan fingerprint density at radius 3 is 1.93 bits per heavy atom. The van der Waals surface area contributed by atoms with Gasteiger partial charge >= 0.3 is 0 Å². The van der Waals surface area contributed by atoms with Crippen LogP contribution in [0.3, 0.4) is 0 Å². The zero-order chi connectivity index (χ0) is 18.9. The molecule has 0 atom stereocenters. The third-order valence-electron chi connectivity index (χ3n) is 7.42. The van der Waals surface area contributed by atoms with Crippen molar-refractivity contribution in [1.29, 1.82) is 0 Å². The summed E-state index contributed by atoms with van der Waals surface area (Å²) in [5, 5.41) is 0. The fraction of sp³-hybridized carbons (Fsp3) is 0.692. The van der Waals surface area contributed by atoms with Gasteiger partial charge < -0.3 is 0 Å². The molecule has 0 heterocycles. The van der Waals surface area contributed by atoms with Crippen molar-refractivity contribution in [2.75, 3.05) is 0 Å². The van der Waals surface area contributed by atoms with Gasteiger partial charge in [-0.25, -0.2) is 4.39 Å². The highest BCUT2D eigenvalue weighted by molar-refractivity contribution is 5.16. The molecule has 0 spiro atoms. The van der Waals surface area contributed by atoms with Crippen molar-refractivity contribution >= 4 is 0 Å². The second-order valence-electron chi connectivity index (χ2n) is 9.23. The number of aryl methyl sites for hydroxylation is 1. The molecule has 0 radical (unpaired) electrons. The standard InChI is InChI=1S/C26H39F/c1-2-3-4-5-6-21-9-15-24(16-10-21)25-17-11-22(12-18-25)7-8-23-13-19-26(27)20-14-23/h2-3,13-14,19-22,24-25H,4-12,15-18H2,1H3/b3-2-. The van der Waals surface area contributed by atoms with Crippen LogP contribution in [-0.2, 0) is 6.42 Å². The number of rotatable bonds is 8. The molecule has 150 valence electrons. The second-order valence-corrected chi connectivity index (χ2v) is 9.23. The Morgan fingerprint density at radius 1 is 0.815 bits per heavy atom. The molecule has 0 unspecified atom stereocenters. The Balaban J connectivity index is 1.31. The van der Waals surface area contributed by atoms with Crippen LogP contribution in [-0.4, -0.2) is 0 Å². The lowest BCUT2D eigenvalue weighted by Gasteiger charge is -2.38. The van der Waals surface area contributed by atoms with Gasteiger partial charge in [0.05, 0.1) is 0 Å². The Morgan fingerprint density at radius 2 is 1.37 bits per heavy atom. The number of hydrogen-bond donors (Lipinski definition) is 0. The summed E-state index contributed by atoms with van der Waals surface area (Å²) >= 11 is 0. The van der Waals surface area contributed by atoms with Crippen LogP contribution in [0.25, 0.3) is 0 Å². The summed E-state index contributed by atoms with van der Waals surface area (Å²) in [6.07, 6.45) is 22.8. The summed E-state index contributed by atoms with van der Waals surface area (Å²) in [5.41, 5.74) is 1.30. The van der Waals surface area contributed by atoms with Crippen molar-refractivity contribution < 1.29 is 4.39 Å². The molecule has 0 amide bonds. The van der Waals surface area contributed by atoms with Crippen molar-refractivity contribution in [3.8, 4) is 0 Å². The van der Waals surface area contributed by atoms with Crippen LogP contribution < -0.4 is 0 Å². The lowest BCUT2D eigenvalue weighted by atomic mass is 9.68. The summed E-state index contributed by atoms with van der Waals surface area (Å²) in [5.74, 6) is 3.82. The van der Waals surface area contributed by atoms with Gasteiger partial charge in [-0.05, 0) is 99.7 Å². The van der Waals surface area contributed by atoms with E-state index in [1.54, 1.807) is 12.1 Å². The van der Waals surface area contributed by atoms with E-state index in [2.05, 4.69) is 19.1 Å². The first-order valence-electron chi connectivity index (χ1n) is 11.6. The highest BCUT2D eigenvalue weighted by Crippen LogP contribution is 2.43. The van der Waals surface area contributed by atoms with E-state index in [-0.39, 0.29) is 5.82 Å². The van der Waals surface area contributed by atoms with Crippen molar-refractivity contribution in [1.82, 2.24) is 0 Å². The molecule has 0 nitrogen and oxygen atoms in total. The quantitative estimate of drug-likeness (QED) is 0.320. The van der Waals surface area contributed by atoms with Crippen molar-refractivity contribution in [3.63, 3.8) is 0 Å². The molecular formula is C26H39F. The Hall–Kier alpha value is -1.11. The van der Waals surface area contributed by atoms with Crippen LogP contribution in [0.15, 0.2) is 36.4 Å². The van der Waals surface area contributed by atoms with Crippen molar-refractivity contribution in [2.24, 2.45) is 23.7 Å². The summed E-state index contributed by atoms with van der Waals surface area (Å²) < 4.78 is 13.0. The second kappa shape index (κ2) is 11.0. The molecule has 0 aliphatic heterocycles. The van der Waals surface area contributed by atoms with Gasteiger partial charge in [-0.1, -0.05) is 56.4 Å². The third kappa shape index (κ3) is 6.77. The maximum atomic E-state index is 13.0. The van der Waals surface area contributed by atoms with E-state index in [0.717, 1.165) is 30.1 Å². The van der Waals surface area contributed by atoms with E-state index in [0.29, 0.717) is 0 Å². The zero-order valence-electron chi connectivity index (χ0n) is 17.3. The summed E-state index contributed by atoms with van der Waals surface area (Å²) in [6, 6.07) is 7.11. The topological polar surface area (TPSA) is 0 Å². The van der Waals surface area contributed by atoms with E-state index in [1.165, 1.54) is 82.6 Å². The number of benzene rings is 1. The van der Waals surface area contributed by atoms with Gasteiger partial charge in [0.25, 0.3) is 0 Å². The Bertz CT molecular complexity index is 542. The minimum absolute atomic E-state index is 0.119. The van der Waals surface area contributed by atoms with Crippen LogP contribution >= 0.6 is 0 Å². The molecule has 1 aromatic rings. The average molecular weight is 371 g/mol. The first-order valence-corrected chi connectivity index (χ1v) is 11.6. The molecule has 27 heavy (non-hydrogen) atoms. The molecule has 3 rings (SSSR count). The molecule has 2 aliphatic rings. The van der Waals surface area contributed by atoms with Crippen molar-refractivity contribution in [3.05, 3.63) is 47.8 Å². The monoisotopic (exact) mass is 370 g/mol. The fourth-order valence-electron chi connectivity index (χ4n) is 5.61. The van der Waals surface area contributed by atoms with Gasteiger partial charge in [-0.3, -0.25) is 0 Å². The van der Waals surface area contributed by atoms with Gasteiger partial charge in [0, 0.05) is 0 Å². The largest absolute Gasteiger partial charge is 0.207 e. The molecule has 0 N–H and O–H groups in total. The van der Waals surface area contributed by atoms with E-state index < -0.39 is 0 Å². The van der Waals surface area contributed by atoms with Gasteiger partial charge in [0.1, 0.15) is 5.82 Å². The molecule has 2 aliphatic carbocycles. The zero-order valence-corrected chi connectivity index (χ0v) is 17.3. The van der Waals surface area contributed by atoms with Crippen LogP contribution in [0.2, 0.25) is 0 Å². The van der Waals surface area contributed by atoms with Crippen LogP contribution in [0, 0.1) is 29.5 Å². The van der Waals surface area contributed by atoms with Gasteiger partial charge in [0.2, 0.25) is 0 Å². The molecule has 0 aromatic heterocycles. The normalized spacial score (nSPS) is 29.3. The highest BCUT2D eigenvalue weighted by Gasteiger charge is 2.30. The Kier molecular flexibility index (Phi) is 8.42. The molecule has 1 aromatic carbocycles. The SMILES string of the molecule is C/C=C\CCCC1CCC(C2CCC(CCc3ccc(F)cc3)CC2)CC1. The number of unbranched alkanes of at least 4 members (excludes halogenated alkanes) is 1. The summed E-state index contributed by atoms with van der Waals surface area (Å²) in [6.45, 7) is 2.13. The smallest absolute Gasteiger partial charge is 0.123 e. The molecule has 2 fully saturated rings. The van der Waals surface area contributed by atoms with E-state index in [4.69, 9.17) is 0 Å². The number of hydrogen-bond acceptors (Lipinski definition) is 0. The first kappa shape index (κ1) is 20.6. The molecule has 0 bridgehead atoms. The minimum atomic E-state index is -0.119. The van der Waals surface area contributed by atoms with Crippen LogP contribution in [0.5, 0.6) is 0 Å². The van der Waals surface area contributed by atoms with Crippen molar-refractivity contribution in [2.45, 2.75) is 90.4 Å². The predicted molar refractivity (Wildman–Crippen MR) is 114 cm³/mol. The van der Waals surface area contributed by atoms with Gasteiger partial charge in [-0.15, -0.1) is 0 Å².